The van der Waals surface area contributed by atoms with Crippen LogP contribution in [0.4, 0.5) is 24.5 Å². The highest BCUT2D eigenvalue weighted by Crippen LogP contribution is 2.34. The number of hydrogen-bond acceptors (Lipinski definition) is 4. The molecule has 0 aliphatic heterocycles. The van der Waals surface area contributed by atoms with Gasteiger partial charge in [0, 0.05) is 30.4 Å². The average molecular weight is 411 g/mol. The van der Waals surface area contributed by atoms with Crippen molar-refractivity contribution in [3.63, 3.8) is 0 Å². The van der Waals surface area contributed by atoms with Crippen LogP contribution in [0.15, 0.2) is 30.5 Å². The predicted octanol–water partition coefficient (Wildman–Crippen LogP) is 3.63. The maximum absolute atomic E-state index is 13.4. The molecule has 7 nitrogen and oxygen atoms in total. The van der Waals surface area contributed by atoms with Crippen LogP contribution in [-0.4, -0.2) is 47.1 Å². The van der Waals surface area contributed by atoms with Gasteiger partial charge in [0.15, 0.2) is 5.69 Å². The molecule has 0 aliphatic rings. The van der Waals surface area contributed by atoms with Gasteiger partial charge in [-0.3, -0.25) is 14.3 Å². The molecule has 0 bridgehead atoms. The van der Waals surface area contributed by atoms with E-state index in [1.807, 2.05) is 19.0 Å². The van der Waals surface area contributed by atoms with Crippen LogP contribution in [-0.2, 0) is 11.0 Å². The Morgan fingerprint density at radius 1 is 1.10 bits per heavy atom. The number of carbonyl (C=O) groups excluding carboxylic acids is 2. The van der Waals surface area contributed by atoms with E-state index >= 15 is 0 Å². The van der Waals surface area contributed by atoms with Crippen LogP contribution in [0.25, 0.3) is 0 Å². The Morgan fingerprint density at radius 2 is 1.66 bits per heavy atom. The van der Waals surface area contributed by atoms with Crippen molar-refractivity contribution < 1.29 is 22.8 Å². The summed E-state index contributed by atoms with van der Waals surface area (Å²) in [6.07, 6.45) is -3.48. The van der Waals surface area contributed by atoms with Crippen LogP contribution in [0.2, 0.25) is 0 Å². The van der Waals surface area contributed by atoms with Gasteiger partial charge in [0.25, 0.3) is 5.91 Å². The van der Waals surface area contributed by atoms with Crippen molar-refractivity contribution in [1.82, 2.24) is 14.7 Å². The molecule has 2 rings (SSSR count). The fourth-order valence-corrected chi connectivity index (χ4v) is 2.59. The standard InChI is InChI=1S/C19H24F3N5O2/c1-12(2)27-17(19(20,21)22)15(11-23-27)18(29)25-14-7-5-13(6-8-14)24-16(28)9-10-26(3)4/h5-8,11-12H,9-10H2,1-4H3,(H,24,28)(H,25,29). The first kappa shape index (κ1) is 22.4. The van der Waals surface area contributed by atoms with E-state index < -0.39 is 29.4 Å². The van der Waals surface area contributed by atoms with E-state index in [0.717, 1.165) is 10.9 Å². The summed E-state index contributed by atoms with van der Waals surface area (Å²) in [5.41, 5.74) is -0.816. The van der Waals surface area contributed by atoms with Crippen molar-refractivity contribution in [3.05, 3.63) is 41.7 Å². The van der Waals surface area contributed by atoms with Crippen LogP contribution >= 0.6 is 0 Å². The van der Waals surface area contributed by atoms with Gasteiger partial charge < -0.3 is 15.5 Å². The summed E-state index contributed by atoms with van der Waals surface area (Å²) in [6, 6.07) is 5.57. The fraction of sp³-hybridized carbons (Fsp3) is 0.421. The molecule has 0 fully saturated rings. The second-order valence-corrected chi connectivity index (χ2v) is 7.08. The van der Waals surface area contributed by atoms with Gasteiger partial charge in [-0.1, -0.05) is 0 Å². The van der Waals surface area contributed by atoms with Crippen LogP contribution in [0.5, 0.6) is 0 Å². The Balaban J connectivity index is 2.09. The zero-order valence-corrected chi connectivity index (χ0v) is 16.7. The fourth-order valence-electron chi connectivity index (χ4n) is 2.59. The van der Waals surface area contributed by atoms with E-state index in [4.69, 9.17) is 0 Å². The number of anilines is 2. The first-order valence-corrected chi connectivity index (χ1v) is 8.99. The van der Waals surface area contributed by atoms with Crippen LogP contribution in [0.3, 0.4) is 0 Å². The predicted molar refractivity (Wildman–Crippen MR) is 104 cm³/mol. The molecule has 0 spiro atoms. The molecule has 1 aromatic heterocycles. The zero-order valence-electron chi connectivity index (χ0n) is 16.7. The van der Waals surface area contributed by atoms with Gasteiger partial charge in [0.1, 0.15) is 0 Å². The molecular formula is C19H24F3N5O2. The van der Waals surface area contributed by atoms with Gasteiger partial charge in [0.2, 0.25) is 5.91 Å². The Morgan fingerprint density at radius 3 is 2.14 bits per heavy atom. The van der Waals surface area contributed by atoms with Crippen LogP contribution in [0.1, 0.15) is 42.4 Å². The van der Waals surface area contributed by atoms with Gasteiger partial charge >= 0.3 is 6.18 Å². The minimum absolute atomic E-state index is 0.161. The number of nitrogens with zero attached hydrogens (tertiary/aromatic N) is 3. The Kier molecular flexibility index (Phi) is 7.02. The number of aromatic nitrogens is 2. The highest BCUT2D eigenvalue weighted by Gasteiger charge is 2.40. The summed E-state index contributed by atoms with van der Waals surface area (Å²) in [6.45, 7) is 3.70. The molecule has 29 heavy (non-hydrogen) atoms. The van der Waals surface area contributed by atoms with Crippen molar-refractivity contribution >= 4 is 23.2 Å². The number of halogens is 3. The lowest BCUT2D eigenvalue weighted by molar-refractivity contribution is -0.145. The summed E-state index contributed by atoms with van der Waals surface area (Å²) < 4.78 is 41.0. The summed E-state index contributed by atoms with van der Waals surface area (Å²) in [7, 11) is 3.72. The average Bonchev–Trinajstić information content (AvgIpc) is 3.07. The van der Waals surface area contributed by atoms with Gasteiger partial charge in [-0.05, 0) is 52.2 Å². The third-order valence-electron chi connectivity index (χ3n) is 4.01. The highest BCUT2D eigenvalue weighted by molar-refractivity contribution is 6.05. The third kappa shape index (κ3) is 6.05. The second-order valence-electron chi connectivity index (χ2n) is 7.08. The first-order chi connectivity index (χ1) is 13.5. The minimum Gasteiger partial charge on any atom is -0.326 e. The van der Waals surface area contributed by atoms with Crippen molar-refractivity contribution in [1.29, 1.82) is 0 Å². The lowest BCUT2D eigenvalue weighted by Gasteiger charge is -2.15. The van der Waals surface area contributed by atoms with E-state index in [1.165, 1.54) is 12.1 Å². The number of benzene rings is 1. The summed E-state index contributed by atoms with van der Waals surface area (Å²) in [5.74, 6) is -1.07. The molecule has 0 radical (unpaired) electrons. The topological polar surface area (TPSA) is 79.3 Å². The molecule has 0 saturated heterocycles. The van der Waals surface area contributed by atoms with Gasteiger partial charge in [-0.15, -0.1) is 0 Å². The smallest absolute Gasteiger partial charge is 0.326 e. The molecule has 0 aliphatic carbocycles. The van der Waals surface area contributed by atoms with Crippen molar-refractivity contribution in [2.45, 2.75) is 32.5 Å². The highest BCUT2D eigenvalue weighted by atomic mass is 19.4. The van der Waals surface area contributed by atoms with Gasteiger partial charge in [-0.2, -0.15) is 18.3 Å². The van der Waals surface area contributed by atoms with E-state index in [2.05, 4.69) is 15.7 Å². The van der Waals surface area contributed by atoms with Crippen LogP contribution < -0.4 is 10.6 Å². The maximum Gasteiger partial charge on any atom is 0.433 e. The van der Waals surface area contributed by atoms with E-state index in [1.54, 1.807) is 26.0 Å². The van der Waals surface area contributed by atoms with Crippen molar-refractivity contribution in [2.24, 2.45) is 0 Å². The molecule has 158 valence electrons. The number of rotatable bonds is 7. The molecule has 0 saturated carbocycles. The SMILES string of the molecule is CC(C)n1ncc(C(=O)Nc2ccc(NC(=O)CCN(C)C)cc2)c1C(F)(F)F. The molecule has 10 heteroatoms. The van der Waals surface area contributed by atoms with Crippen molar-refractivity contribution in [2.75, 3.05) is 31.3 Å². The molecule has 2 aromatic rings. The van der Waals surface area contributed by atoms with Crippen molar-refractivity contribution in [3.8, 4) is 0 Å². The normalized spacial score (nSPS) is 11.8. The zero-order chi connectivity index (χ0) is 21.8. The number of nitrogens with one attached hydrogen (secondary N) is 2. The Bertz CT molecular complexity index is 858. The largest absolute Gasteiger partial charge is 0.433 e. The molecule has 1 aromatic carbocycles. The summed E-state index contributed by atoms with van der Waals surface area (Å²) >= 11 is 0. The monoisotopic (exact) mass is 411 g/mol. The lowest BCUT2D eigenvalue weighted by Crippen LogP contribution is -2.22. The second kappa shape index (κ2) is 9.08. The molecule has 2 N–H and O–H groups in total. The van der Waals surface area contributed by atoms with Crippen LogP contribution in [0, 0.1) is 0 Å². The lowest BCUT2D eigenvalue weighted by atomic mass is 10.2. The quantitative estimate of drug-likeness (QED) is 0.729. The third-order valence-corrected chi connectivity index (χ3v) is 4.01. The number of amides is 2. The summed E-state index contributed by atoms with van der Waals surface area (Å²) in [4.78, 5) is 26.1. The first-order valence-electron chi connectivity index (χ1n) is 8.99. The Labute approximate surface area is 166 Å². The van der Waals surface area contributed by atoms with E-state index in [0.29, 0.717) is 24.3 Å². The molecular weight excluding hydrogens is 387 g/mol. The number of hydrogen-bond donors (Lipinski definition) is 2. The van der Waals surface area contributed by atoms with E-state index in [-0.39, 0.29) is 5.91 Å². The number of carbonyl (C=O) groups is 2. The Hall–Kier alpha value is -2.88. The van der Waals surface area contributed by atoms with Gasteiger partial charge in [0.05, 0.1) is 11.8 Å². The maximum atomic E-state index is 13.4. The molecule has 2 amide bonds. The molecule has 0 unspecified atom stereocenters. The molecule has 1 heterocycles. The minimum atomic E-state index is -4.71. The molecule has 0 atom stereocenters. The van der Waals surface area contributed by atoms with E-state index in [9.17, 15) is 22.8 Å². The summed E-state index contributed by atoms with van der Waals surface area (Å²) in [5, 5.41) is 8.85. The van der Waals surface area contributed by atoms with Gasteiger partial charge in [-0.25, -0.2) is 0 Å². The number of alkyl halides is 3.